The summed E-state index contributed by atoms with van der Waals surface area (Å²) in [7, 11) is 0. The summed E-state index contributed by atoms with van der Waals surface area (Å²) in [5, 5.41) is 5.44. The van der Waals surface area contributed by atoms with Gasteiger partial charge in [0, 0.05) is 0 Å². The van der Waals surface area contributed by atoms with E-state index in [2.05, 4.69) is 169 Å². The Morgan fingerprint density at radius 3 is 1.90 bits per heavy atom. The second kappa shape index (κ2) is 10.5. The molecule has 8 rings (SSSR count). The van der Waals surface area contributed by atoms with Gasteiger partial charge in [0.1, 0.15) is 0 Å². The van der Waals surface area contributed by atoms with E-state index in [0.29, 0.717) is 0 Å². The molecule has 0 saturated heterocycles. The molecule has 42 heavy (non-hydrogen) atoms. The predicted octanol–water partition coefficient (Wildman–Crippen LogP) is 11.0. The number of nitrogens with zero attached hydrogens (tertiary/aromatic N) is 1. The number of para-hydroxylation sites is 2. The molecule has 0 atom stereocenters. The van der Waals surface area contributed by atoms with Crippen LogP contribution in [0.25, 0.3) is 52.3 Å². The Morgan fingerprint density at radius 1 is 0.405 bits per heavy atom. The summed E-state index contributed by atoms with van der Waals surface area (Å²) < 4.78 is 2.95. The Morgan fingerprint density at radius 2 is 1.07 bits per heavy atom. The van der Waals surface area contributed by atoms with Crippen molar-refractivity contribution >= 4 is 61.6 Å². The molecule has 7 aromatic carbocycles. The summed E-state index contributed by atoms with van der Waals surface area (Å²) in [5.41, 5.74) is 8.35. The molecule has 0 aliphatic heterocycles. The fourth-order valence-electron chi connectivity index (χ4n) is 6.12. The topological polar surface area (TPSA) is 3.24 Å². The van der Waals surface area contributed by atoms with E-state index >= 15 is 0 Å². The monoisotopic (exact) mass is 601 g/mol. The summed E-state index contributed by atoms with van der Waals surface area (Å²) >= 11 is 0.286. The van der Waals surface area contributed by atoms with Crippen LogP contribution >= 0.6 is 0 Å². The maximum atomic E-state index is 2.42. The van der Waals surface area contributed by atoms with Gasteiger partial charge in [0.25, 0.3) is 0 Å². The van der Waals surface area contributed by atoms with E-state index in [-0.39, 0.29) is 14.5 Å². The predicted molar refractivity (Wildman–Crippen MR) is 181 cm³/mol. The van der Waals surface area contributed by atoms with Gasteiger partial charge >= 0.3 is 247 Å². The van der Waals surface area contributed by atoms with Crippen LogP contribution in [0.4, 0.5) is 17.1 Å². The number of anilines is 3. The zero-order chi connectivity index (χ0) is 27.9. The molecule has 0 fully saturated rings. The zero-order valence-corrected chi connectivity index (χ0v) is 24.7. The number of hydrogen-bond donors (Lipinski definition) is 0. The molecule has 0 bridgehead atoms. The molecule has 8 aromatic rings. The molecule has 0 saturated carbocycles. The van der Waals surface area contributed by atoms with Crippen LogP contribution in [-0.2, 0) is 0 Å². The molecule has 1 heterocycles. The zero-order valence-electron chi connectivity index (χ0n) is 22.9. The number of benzene rings is 7. The average molecular weight is 601 g/mol. The number of hydrogen-bond acceptors (Lipinski definition) is 1. The molecule has 0 spiro atoms. The van der Waals surface area contributed by atoms with Gasteiger partial charge in [-0.3, -0.25) is 0 Å². The van der Waals surface area contributed by atoms with Gasteiger partial charge in [-0.1, -0.05) is 6.07 Å². The number of rotatable bonds is 5. The Hall–Kier alpha value is -4.88. The van der Waals surface area contributed by atoms with Gasteiger partial charge in [-0.15, -0.1) is 0 Å². The van der Waals surface area contributed by atoms with E-state index < -0.39 is 0 Å². The molecule has 1 nitrogen and oxygen atoms in total. The Kier molecular flexibility index (Phi) is 6.22. The molecule has 0 aliphatic rings. The van der Waals surface area contributed by atoms with Gasteiger partial charge in [-0.25, -0.2) is 0 Å². The Balaban J connectivity index is 1.36. The van der Waals surface area contributed by atoms with Gasteiger partial charge in [0.15, 0.2) is 0 Å². The van der Waals surface area contributed by atoms with Gasteiger partial charge in [0.2, 0.25) is 0 Å². The van der Waals surface area contributed by atoms with Crippen molar-refractivity contribution in [1.29, 1.82) is 0 Å². The molecule has 0 N–H and O–H groups in total. The van der Waals surface area contributed by atoms with Crippen LogP contribution in [0.1, 0.15) is 0 Å². The van der Waals surface area contributed by atoms with Crippen LogP contribution in [0.2, 0.25) is 0 Å². The van der Waals surface area contributed by atoms with E-state index in [1.54, 1.807) is 0 Å². The third-order valence-electron chi connectivity index (χ3n) is 8.06. The van der Waals surface area contributed by atoms with Crippen molar-refractivity contribution in [2.24, 2.45) is 0 Å². The number of fused-ring (bicyclic) bond motifs is 5. The third kappa shape index (κ3) is 4.25. The third-order valence-corrected chi connectivity index (χ3v) is 10.6. The van der Waals surface area contributed by atoms with Crippen LogP contribution in [0.3, 0.4) is 0 Å². The first-order valence-electron chi connectivity index (χ1n) is 14.3. The summed E-state index contributed by atoms with van der Waals surface area (Å²) in [4.78, 5) is 2.42. The first kappa shape index (κ1) is 24.9. The van der Waals surface area contributed by atoms with Gasteiger partial charge in [-0.2, -0.15) is 0 Å². The molecular formula is C40H27NSe. The summed E-state index contributed by atoms with van der Waals surface area (Å²) in [6.45, 7) is 0. The summed E-state index contributed by atoms with van der Waals surface area (Å²) in [6, 6.07) is 59.5. The molecule has 198 valence electrons. The second-order valence-corrected chi connectivity index (χ2v) is 12.8. The van der Waals surface area contributed by atoms with Crippen LogP contribution in [0.15, 0.2) is 164 Å². The van der Waals surface area contributed by atoms with E-state index in [1.807, 2.05) is 0 Å². The van der Waals surface area contributed by atoms with Crippen molar-refractivity contribution in [3.63, 3.8) is 0 Å². The quantitative estimate of drug-likeness (QED) is 0.178. The Bertz CT molecular complexity index is 2200. The van der Waals surface area contributed by atoms with Gasteiger partial charge in [-0.05, 0) is 0 Å². The van der Waals surface area contributed by atoms with Crippen LogP contribution in [-0.4, -0.2) is 14.5 Å². The van der Waals surface area contributed by atoms with Crippen molar-refractivity contribution < 1.29 is 0 Å². The SMILES string of the molecule is c1ccc(-c2ccccc2-c2ccccc2N(c2ccccc2)c2ccc3[se]c4c5ccccc5ccc4c3c2)cc1. The normalized spacial score (nSPS) is 11.3. The fourth-order valence-corrected chi connectivity index (χ4v) is 8.68. The Labute approximate surface area is 251 Å². The van der Waals surface area contributed by atoms with Crippen molar-refractivity contribution in [1.82, 2.24) is 0 Å². The minimum absolute atomic E-state index is 0.286. The summed E-state index contributed by atoms with van der Waals surface area (Å²) in [6.07, 6.45) is 0. The molecular weight excluding hydrogens is 573 g/mol. The molecule has 1 aromatic heterocycles. The van der Waals surface area contributed by atoms with Crippen molar-refractivity contribution in [3.8, 4) is 22.3 Å². The van der Waals surface area contributed by atoms with E-state index in [9.17, 15) is 0 Å². The van der Waals surface area contributed by atoms with Crippen LogP contribution in [0.5, 0.6) is 0 Å². The van der Waals surface area contributed by atoms with Gasteiger partial charge < -0.3 is 0 Å². The van der Waals surface area contributed by atoms with Crippen molar-refractivity contribution in [2.45, 2.75) is 0 Å². The molecule has 0 unspecified atom stereocenters. The standard InChI is InChI=1S/C40H27NSe/c1-3-13-28(14-4-1)32-18-9-10-20-34(32)35-21-11-12-22-38(35)41(30-16-5-2-6-17-30)31-24-26-39-37(27-31)36-25-23-29-15-7-8-19-33(29)40(36)42-39/h1-27H. The van der Waals surface area contributed by atoms with Crippen molar-refractivity contribution in [3.05, 3.63) is 164 Å². The average Bonchev–Trinajstić information content (AvgIpc) is 3.45. The first-order chi connectivity index (χ1) is 20.8. The van der Waals surface area contributed by atoms with Crippen LogP contribution < -0.4 is 4.90 Å². The van der Waals surface area contributed by atoms with E-state index in [1.165, 1.54) is 58.0 Å². The van der Waals surface area contributed by atoms with Gasteiger partial charge in [0.05, 0.1) is 0 Å². The summed E-state index contributed by atoms with van der Waals surface area (Å²) in [5.74, 6) is 0. The van der Waals surface area contributed by atoms with Crippen molar-refractivity contribution in [2.75, 3.05) is 4.90 Å². The van der Waals surface area contributed by atoms with E-state index in [0.717, 1.165) is 11.4 Å². The van der Waals surface area contributed by atoms with E-state index in [4.69, 9.17) is 0 Å². The molecule has 0 aliphatic carbocycles. The second-order valence-electron chi connectivity index (χ2n) is 10.5. The molecule has 0 amide bonds. The first-order valence-corrected chi connectivity index (χ1v) is 16.0. The minimum atomic E-state index is 0.286. The van der Waals surface area contributed by atoms with Crippen LogP contribution in [0, 0.1) is 0 Å². The fraction of sp³-hybridized carbons (Fsp3) is 0. The molecule has 0 radical (unpaired) electrons. The maximum absolute atomic E-state index is 2.42. The molecule has 2 heteroatoms.